The second kappa shape index (κ2) is 7.36. The predicted molar refractivity (Wildman–Crippen MR) is 120 cm³/mol. The van der Waals surface area contributed by atoms with Crippen molar-refractivity contribution in [1.29, 1.82) is 0 Å². The molecule has 4 aromatic rings. The normalized spacial score (nSPS) is 16.6. The van der Waals surface area contributed by atoms with Crippen LogP contribution in [0.3, 0.4) is 0 Å². The number of amides is 1. The van der Waals surface area contributed by atoms with Gasteiger partial charge in [0.15, 0.2) is 10.9 Å². The maximum atomic E-state index is 13.2. The third-order valence-corrected chi connectivity index (χ3v) is 6.98. The van der Waals surface area contributed by atoms with Gasteiger partial charge in [-0.2, -0.15) is 0 Å². The largest absolute Gasteiger partial charge is 0.503 e. The van der Waals surface area contributed by atoms with Gasteiger partial charge in [0.25, 0.3) is 5.91 Å². The number of carbonyl (C=O) groups is 2. The molecule has 0 saturated heterocycles. The van der Waals surface area contributed by atoms with Gasteiger partial charge in [-0.15, -0.1) is 11.3 Å². The Hall–Kier alpha value is -3.00. The van der Waals surface area contributed by atoms with E-state index in [1.807, 2.05) is 30.3 Å². The molecule has 0 spiro atoms. The maximum absolute atomic E-state index is 13.2. The van der Waals surface area contributed by atoms with Gasteiger partial charge in [0.1, 0.15) is 0 Å². The first-order chi connectivity index (χ1) is 14.5. The van der Waals surface area contributed by atoms with E-state index in [0.717, 1.165) is 4.70 Å². The lowest BCUT2D eigenvalue weighted by molar-refractivity contribution is -0.117. The Morgan fingerprint density at radius 3 is 2.63 bits per heavy atom. The molecule has 0 aliphatic carbocycles. The van der Waals surface area contributed by atoms with Crippen molar-refractivity contribution >= 4 is 61.3 Å². The van der Waals surface area contributed by atoms with Gasteiger partial charge >= 0.3 is 0 Å². The lowest BCUT2D eigenvalue weighted by Gasteiger charge is -2.24. The first-order valence-electron chi connectivity index (χ1n) is 9.00. The van der Waals surface area contributed by atoms with E-state index in [4.69, 9.17) is 11.6 Å². The van der Waals surface area contributed by atoms with E-state index in [2.05, 4.69) is 4.98 Å². The van der Waals surface area contributed by atoms with Gasteiger partial charge in [0.05, 0.1) is 26.7 Å². The summed E-state index contributed by atoms with van der Waals surface area (Å²) in [6.45, 7) is 0. The molecule has 1 N–H and O–H groups in total. The molecule has 1 atom stereocenters. The molecule has 0 radical (unpaired) electrons. The summed E-state index contributed by atoms with van der Waals surface area (Å²) >= 11 is 8.65. The van der Waals surface area contributed by atoms with Gasteiger partial charge in [-0.1, -0.05) is 59.3 Å². The second-order valence-electron chi connectivity index (χ2n) is 6.67. The van der Waals surface area contributed by atoms with Crippen molar-refractivity contribution in [2.24, 2.45) is 0 Å². The molecule has 1 aliphatic heterocycles. The number of benzene rings is 2. The average Bonchev–Trinajstić information content (AvgIpc) is 3.47. The Bertz CT molecular complexity index is 1310. The summed E-state index contributed by atoms with van der Waals surface area (Å²) < 4.78 is 0.814. The molecule has 0 saturated carbocycles. The number of fused-ring (bicyclic) bond motifs is 1. The van der Waals surface area contributed by atoms with Gasteiger partial charge in [-0.3, -0.25) is 14.5 Å². The number of halogens is 1. The fraction of sp³-hybridized carbons (Fsp3) is 0.0455. The van der Waals surface area contributed by atoms with Gasteiger partial charge in [-0.25, -0.2) is 4.98 Å². The Morgan fingerprint density at radius 1 is 1.10 bits per heavy atom. The molecule has 1 unspecified atom stereocenters. The highest BCUT2D eigenvalue weighted by molar-refractivity contribution is 7.22. The van der Waals surface area contributed by atoms with Crippen molar-refractivity contribution in [2.75, 3.05) is 4.90 Å². The molecule has 5 rings (SSSR count). The lowest BCUT2D eigenvalue weighted by Crippen LogP contribution is -2.30. The number of aliphatic hydroxyl groups is 1. The molecule has 1 amide bonds. The van der Waals surface area contributed by atoms with Gasteiger partial charge in [0.2, 0.25) is 5.78 Å². The van der Waals surface area contributed by atoms with Crippen LogP contribution in [0, 0.1) is 0 Å². The summed E-state index contributed by atoms with van der Waals surface area (Å²) in [5, 5.41) is 13.5. The molecular formula is C22H13ClN2O3S2. The molecule has 3 heterocycles. The summed E-state index contributed by atoms with van der Waals surface area (Å²) in [5.41, 5.74) is 1.47. The van der Waals surface area contributed by atoms with Gasteiger partial charge < -0.3 is 5.11 Å². The number of hydrogen-bond donors (Lipinski definition) is 1. The Morgan fingerprint density at radius 2 is 1.90 bits per heavy atom. The predicted octanol–water partition coefficient (Wildman–Crippen LogP) is 5.79. The number of carbonyl (C=O) groups excluding carboxylic acids is 2. The van der Waals surface area contributed by atoms with Crippen LogP contribution in [-0.2, 0) is 4.79 Å². The van der Waals surface area contributed by atoms with E-state index in [9.17, 15) is 14.7 Å². The summed E-state index contributed by atoms with van der Waals surface area (Å²) in [5.74, 6) is -1.55. The minimum atomic E-state index is -0.774. The summed E-state index contributed by atoms with van der Waals surface area (Å²) in [4.78, 5) is 32.8. The van der Waals surface area contributed by atoms with E-state index in [1.54, 1.807) is 35.7 Å². The Labute approximate surface area is 184 Å². The molecular weight excluding hydrogens is 440 g/mol. The van der Waals surface area contributed by atoms with Crippen LogP contribution in [0.15, 0.2) is 77.4 Å². The fourth-order valence-electron chi connectivity index (χ4n) is 3.52. The smallest absolute Gasteiger partial charge is 0.296 e. The summed E-state index contributed by atoms with van der Waals surface area (Å²) in [6.07, 6.45) is 0. The highest BCUT2D eigenvalue weighted by atomic mass is 35.5. The highest BCUT2D eigenvalue weighted by Gasteiger charge is 2.46. The molecule has 8 heteroatoms. The minimum absolute atomic E-state index is 0.0611. The molecule has 2 aromatic carbocycles. The van der Waals surface area contributed by atoms with Crippen LogP contribution in [0.1, 0.15) is 21.3 Å². The van der Waals surface area contributed by atoms with Crippen LogP contribution < -0.4 is 4.90 Å². The Balaban J connectivity index is 1.68. The number of aromatic nitrogens is 1. The number of rotatable bonds is 4. The zero-order chi connectivity index (χ0) is 20.8. The van der Waals surface area contributed by atoms with Crippen molar-refractivity contribution in [3.05, 3.63) is 92.8 Å². The van der Waals surface area contributed by atoms with Crippen molar-refractivity contribution < 1.29 is 14.7 Å². The van der Waals surface area contributed by atoms with E-state index in [0.29, 0.717) is 26.1 Å². The van der Waals surface area contributed by atoms with Crippen molar-refractivity contribution in [2.45, 2.75) is 6.04 Å². The zero-order valence-corrected chi connectivity index (χ0v) is 17.7. The minimum Gasteiger partial charge on any atom is -0.503 e. The van der Waals surface area contributed by atoms with Crippen LogP contribution in [-0.4, -0.2) is 21.8 Å². The zero-order valence-electron chi connectivity index (χ0n) is 15.3. The third-order valence-electron chi connectivity index (χ3n) is 4.86. The van der Waals surface area contributed by atoms with Gasteiger partial charge in [0, 0.05) is 5.02 Å². The number of nitrogens with zero attached hydrogens (tertiary/aromatic N) is 2. The number of thiazole rings is 1. The number of Topliss-reactive ketones (excluding diaryl/α,β-unsaturated/α-hetero) is 1. The number of ketones is 1. The second-order valence-corrected chi connectivity index (χ2v) is 9.06. The first kappa shape index (κ1) is 19.0. The molecule has 0 bridgehead atoms. The van der Waals surface area contributed by atoms with Crippen LogP contribution in [0.5, 0.6) is 0 Å². The van der Waals surface area contributed by atoms with E-state index < -0.39 is 17.7 Å². The maximum Gasteiger partial charge on any atom is 0.296 e. The number of anilines is 1. The molecule has 1 aliphatic rings. The molecule has 148 valence electrons. The summed E-state index contributed by atoms with van der Waals surface area (Å²) in [6, 6.07) is 17.1. The molecule has 0 fully saturated rings. The standard InChI is InChI=1S/C22H13ClN2O3S2/c23-13-8-9-14-16(11-13)30-22(24-14)25-18(12-5-2-1-3-6-12)17(20(27)21(25)28)19(26)15-7-4-10-29-15/h1-11,18,27H. The monoisotopic (exact) mass is 452 g/mol. The van der Waals surface area contributed by atoms with Gasteiger partial charge in [-0.05, 0) is 35.2 Å². The van der Waals surface area contributed by atoms with Crippen LogP contribution in [0.4, 0.5) is 5.13 Å². The van der Waals surface area contributed by atoms with Crippen LogP contribution in [0.25, 0.3) is 10.2 Å². The van der Waals surface area contributed by atoms with Crippen LogP contribution >= 0.6 is 34.3 Å². The molecule has 5 nitrogen and oxygen atoms in total. The molecule has 2 aromatic heterocycles. The van der Waals surface area contributed by atoms with Crippen molar-refractivity contribution in [3.8, 4) is 0 Å². The van der Waals surface area contributed by atoms with E-state index in [1.165, 1.54) is 27.6 Å². The quantitative estimate of drug-likeness (QED) is 0.397. The van der Waals surface area contributed by atoms with E-state index in [-0.39, 0.29) is 11.4 Å². The highest BCUT2D eigenvalue weighted by Crippen LogP contribution is 2.44. The lowest BCUT2D eigenvalue weighted by atomic mass is 9.96. The third kappa shape index (κ3) is 3.02. The van der Waals surface area contributed by atoms with Crippen molar-refractivity contribution in [3.63, 3.8) is 0 Å². The SMILES string of the molecule is O=C(C1=C(O)C(=O)N(c2nc3ccc(Cl)cc3s2)C1c1ccccc1)c1cccs1. The Kier molecular flexibility index (Phi) is 4.66. The van der Waals surface area contributed by atoms with Crippen molar-refractivity contribution in [1.82, 2.24) is 4.98 Å². The number of thiophene rings is 1. The molecule has 30 heavy (non-hydrogen) atoms. The number of hydrogen-bond acceptors (Lipinski definition) is 6. The fourth-order valence-corrected chi connectivity index (χ4v) is 5.46. The number of aliphatic hydroxyl groups excluding tert-OH is 1. The van der Waals surface area contributed by atoms with Crippen LogP contribution in [0.2, 0.25) is 5.02 Å². The topological polar surface area (TPSA) is 70.5 Å². The average molecular weight is 453 g/mol. The summed E-state index contributed by atoms with van der Waals surface area (Å²) in [7, 11) is 0. The van der Waals surface area contributed by atoms with E-state index >= 15 is 0 Å². The first-order valence-corrected chi connectivity index (χ1v) is 11.1.